The summed E-state index contributed by atoms with van der Waals surface area (Å²) in [5, 5.41) is 0. The maximum Gasteiger partial charge on any atom is 0.137 e. The number of nitrogens with zero attached hydrogens (tertiary/aromatic N) is 1. The zero-order valence-electron chi connectivity index (χ0n) is 8.62. The van der Waals surface area contributed by atoms with Crippen LogP contribution >= 0.6 is 0 Å². The highest BCUT2D eigenvalue weighted by molar-refractivity contribution is 5.82. The Kier molecular flexibility index (Phi) is 2.41. The number of likely N-dealkylation sites (tertiary alicyclic amines) is 1. The summed E-state index contributed by atoms with van der Waals surface area (Å²) in [5.74, 6) is 0.913. The van der Waals surface area contributed by atoms with Gasteiger partial charge in [0.05, 0.1) is 0 Å². The number of ketones is 1. The number of hydrogen-bond acceptors (Lipinski definition) is 2. The van der Waals surface area contributed by atoms with Crippen molar-refractivity contribution in [2.75, 3.05) is 6.54 Å². The molecule has 0 spiro atoms. The molecule has 0 bridgehead atoms. The molecule has 0 aromatic carbocycles. The minimum Gasteiger partial charge on any atom is -0.299 e. The third-order valence-electron chi connectivity index (χ3n) is 3.59. The van der Waals surface area contributed by atoms with Crippen LogP contribution in [0, 0.1) is 5.92 Å². The molecule has 2 rings (SSSR count). The Labute approximate surface area is 80.3 Å². The van der Waals surface area contributed by atoms with Crippen LogP contribution in [0.1, 0.15) is 39.5 Å². The first-order valence-corrected chi connectivity index (χ1v) is 5.48. The van der Waals surface area contributed by atoms with E-state index in [9.17, 15) is 4.79 Å². The summed E-state index contributed by atoms with van der Waals surface area (Å²) in [4.78, 5) is 14.1. The molecule has 74 valence electrons. The van der Waals surface area contributed by atoms with Crippen LogP contribution in [-0.2, 0) is 4.79 Å². The molecule has 0 aromatic heterocycles. The summed E-state index contributed by atoms with van der Waals surface area (Å²) in [6.07, 6.45) is 4.31. The summed E-state index contributed by atoms with van der Waals surface area (Å²) in [6.45, 7) is 5.61. The van der Waals surface area contributed by atoms with Gasteiger partial charge in [-0.25, -0.2) is 0 Å². The lowest BCUT2D eigenvalue weighted by molar-refractivity contribution is -0.125. The van der Waals surface area contributed by atoms with Crippen molar-refractivity contribution < 1.29 is 4.79 Å². The van der Waals surface area contributed by atoms with Crippen LogP contribution in [-0.4, -0.2) is 29.3 Å². The van der Waals surface area contributed by atoms with E-state index < -0.39 is 0 Å². The molecule has 2 unspecified atom stereocenters. The third-order valence-corrected chi connectivity index (χ3v) is 3.59. The van der Waals surface area contributed by atoms with Crippen molar-refractivity contribution in [3.63, 3.8) is 0 Å². The molecule has 2 aliphatic rings. The predicted molar refractivity (Wildman–Crippen MR) is 52.6 cm³/mol. The van der Waals surface area contributed by atoms with Gasteiger partial charge < -0.3 is 0 Å². The molecule has 1 aliphatic heterocycles. The van der Waals surface area contributed by atoms with Crippen molar-refractivity contribution in [3.8, 4) is 0 Å². The van der Waals surface area contributed by atoms with Gasteiger partial charge in [0.25, 0.3) is 0 Å². The molecule has 0 radical (unpaired) electrons. The SMILES string of the molecule is CC(C)N1CCC2C(=O)CCCC21. The van der Waals surface area contributed by atoms with Crippen LogP contribution in [0.25, 0.3) is 0 Å². The molecular formula is C11H19NO. The van der Waals surface area contributed by atoms with E-state index in [2.05, 4.69) is 18.7 Å². The molecular weight excluding hydrogens is 162 g/mol. The summed E-state index contributed by atoms with van der Waals surface area (Å²) < 4.78 is 0. The Balaban J connectivity index is 2.10. The van der Waals surface area contributed by atoms with E-state index >= 15 is 0 Å². The van der Waals surface area contributed by atoms with E-state index in [0.717, 1.165) is 25.8 Å². The Morgan fingerprint density at radius 2 is 2.15 bits per heavy atom. The number of hydrogen-bond donors (Lipinski definition) is 0. The normalized spacial score (nSPS) is 35.5. The van der Waals surface area contributed by atoms with Gasteiger partial charge in [0.15, 0.2) is 0 Å². The van der Waals surface area contributed by atoms with Gasteiger partial charge in [0.1, 0.15) is 5.78 Å². The second kappa shape index (κ2) is 3.41. The van der Waals surface area contributed by atoms with Gasteiger partial charge in [0.2, 0.25) is 0 Å². The zero-order chi connectivity index (χ0) is 9.42. The van der Waals surface area contributed by atoms with Crippen LogP contribution < -0.4 is 0 Å². The van der Waals surface area contributed by atoms with E-state index in [1.54, 1.807) is 0 Å². The topological polar surface area (TPSA) is 20.3 Å². The zero-order valence-corrected chi connectivity index (χ0v) is 8.62. The van der Waals surface area contributed by atoms with Crippen LogP contribution in [0.5, 0.6) is 0 Å². The first kappa shape index (κ1) is 9.20. The predicted octanol–water partition coefficient (Wildman–Crippen LogP) is 1.84. The van der Waals surface area contributed by atoms with E-state index in [1.165, 1.54) is 6.42 Å². The number of fused-ring (bicyclic) bond motifs is 1. The Hall–Kier alpha value is -0.370. The van der Waals surface area contributed by atoms with E-state index in [-0.39, 0.29) is 0 Å². The van der Waals surface area contributed by atoms with Crippen molar-refractivity contribution >= 4 is 5.78 Å². The standard InChI is InChI=1S/C11H19NO/c1-8(2)12-7-6-9-10(12)4-3-5-11(9)13/h8-10H,3-7H2,1-2H3. The summed E-state index contributed by atoms with van der Waals surface area (Å²) in [5.41, 5.74) is 0. The lowest BCUT2D eigenvalue weighted by atomic mass is 9.84. The second-order valence-corrected chi connectivity index (χ2v) is 4.65. The number of carbonyl (C=O) groups excluding carboxylic acids is 1. The van der Waals surface area contributed by atoms with Gasteiger partial charge in [-0.3, -0.25) is 9.69 Å². The average Bonchev–Trinajstić information content (AvgIpc) is 2.48. The monoisotopic (exact) mass is 181 g/mol. The van der Waals surface area contributed by atoms with Crippen LogP contribution in [0.4, 0.5) is 0 Å². The molecule has 2 nitrogen and oxygen atoms in total. The van der Waals surface area contributed by atoms with Gasteiger partial charge in [-0.05, 0) is 39.7 Å². The molecule has 2 atom stereocenters. The lowest BCUT2D eigenvalue weighted by Crippen LogP contribution is -2.41. The van der Waals surface area contributed by atoms with Gasteiger partial charge in [-0.1, -0.05) is 0 Å². The highest BCUT2D eigenvalue weighted by atomic mass is 16.1. The average molecular weight is 181 g/mol. The minimum atomic E-state index is 0.385. The van der Waals surface area contributed by atoms with E-state index in [1.807, 2.05) is 0 Å². The number of Topliss-reactive ketones (excluding diaryl/α,β-unsaturated/α-hetero) is 1. The largest absolute Gasteiger partial charge is 0.299 e. The maximum atomic E-state index is 11.6. The molecule has 1 aliphatic carbocycles. The minimum absolute atomic E-state index is 0.385. The van der Waals surface area contributed by atoms with Crippen LogP contribution in [0.3, 0.4) is 0 Å². The molecule has 2 heteroatoms. The van der Waals surface area contributed by atoms with Crippen molar-refractivity contribution in [1.82, 2.24) is 4.90 Å². The molecule has 0 N–H and O–H groups in total. The van der Waals surface area contributed by atoms with Crippen LogP contribution in [0.2, 0.25) is 0 Å². The van der Waals surface area contributed by atoms with Crippen molar-refractivity contribution in [2.24, 2.45) is 5.92 Å². The fourth-order valence-electron chi connectivity index (χ4n) is 2.93. The molecule has 2 fully saturated rings. The maximum absolute atomic E-state index is 11.6. The Bertz CT molecular complexity index is 212. The summed E-state index contributed by atoms with van der Waals surface area (Å²) in [7, 11) is 0. The molecule has 1 saturated carbocycles. The lowest BCUT2D eigenvalue weighted by Gasteiger charge is -2.33. The van der Waals surface area contributed by atoms with Gasteiger partial charge in [-0.15, -0.1) is 0 Å². The smallest absolute Gasteiger partial charge is 0.137 e. The number of rotatable bonds is 1. The quantitative estimate of drug-likeness (QED) is 0.615. The highest BCUT2D eigenvalue weighted by Gasteiger charge is 2.40. The van der Waals surface area contributed by atoms with E-state index in [4.69, 9.17) is 0 Å². The third kappa shape index (κ3) is 1.52. The first-order chi connectivity index (χ1) is 6.20. The van der Waals surface area contributed by atoms with Crippen molar-refractivity contribution in [3.05, 3.63) is 0 Å². The number of carbonyl (C=O) groups is 1. The molecule has 1 saturated heterocycles. The molecule has 0 amide bonds. The van der Waals surface area contributed by atoms with Gasteiger partial charge in [0, 0.05) is 24.4 Å². The fraction of sp³-hybridized carbons (Fsp3) is 0.909. The summed E-state index contributed by atoms with van der Waals surface area (Å²) in [6, 6.07) is 1.20. The molecule has 1 heterocycles. The summed E-state index contributed by atoms with van der Waals surface area (Å²) >= 11 is 0. The van der Waals surface area contributed by atoms with E-state index in [0.29, 0.717) is 23.8 Å². The first-order valence-electron chi connectivity index (χ1n) is 5.48. The fourth-order valence-corrected chi connectivity index (χ4v) is 2.93. The molecule has 0 aromatic rings. The van der Waals surface area contributed by atoms with Crippen molar-refractivity contribution in [2.45, 2.75) is 51.6 Å². The van der Waals surface area contributed by atoms with Crippen LogP contribution in [0.15, 0.2) is 0 Å². The van der Waals surface area contributed by atoms with Gasteiger partial charge in [-0.2, -0.15) is 0 Å². The molecule has 13 heavy (non-hydrogen) atoms. The Morgan fingerprint density at radius 1 is 1.38 bits per heavy atom. The second-order valence-electron chi connectivity index (χ2n) is 4.65. The Morgan fingerprint density at radius 3 is 2.85 bits per heavy atom. The highest BCUT2D eigenvalue weighted by Crippen LogP contribution is 2.34. The van der Waals surface area contributed by atoms with Crippen molar-refractivity contribution in [1.29, 1.82) is 0 Å². The van der Waals surface area contributed by atoms with Gasteiger partial charge >= 0.3 is 0 Å².